The Kier molecular flexibility index (Phi) is 4.56. The highest BCUT2D eigenvalue weighted by Crippen LogP contribution is 2.19. The van der Waals surface area contributed by atoms with Crippen LogP contribution in [0.1, 0.15) is 23.1 Å². The van der Waals surface area contributed by atoms with Crippen LogP contribution in [0, 0.1) is 6.92 Å². The summed E-state index contributed by atoms with van der Waals surface area (Å²) in [6.07, 6.45) is 1.02. The number of anilines is 1. The molecule has 2 aromatic rings. The van der Waals surface area contributed by atoms with Crippen LogP contribution in [0.15, 0.2) is 29.6 Å². The van der Waals surface area contributed by atoms with Crippen molar-refractivity contribution in [2.75, 3.05) is 11.9 Å². The van der Waals surface area contributed by atoms with Gasteiger partial charge in [0.2, 0.25) is 0 Å². The topological polar surface area (TPSA) is 36.4 Å². The van der Waals surface area contributed by atoms with Crippen LogP contribution in [0.3, 0.4) is 0 Å². The fraction of sp³-hybridized carbons (Fsp3) is 0.400. The lowest BCUT2D eigenvalue weighted by Crippen LogP contribution is -2.31. The summed E-state index contributed by atoms with van der Waals surface area (Å²) >= 11 is 1.79. The lowest BCUT2D eigenvalue weighted by atomic mass is 10.1. The minimum atomic E-state index is 0.0492. The minimum absolute atomic E-state index is 0.0492. The molecule has 0 spiro atoms. The maximum absolute atomic E-state index is 9.18. The second kappa shape index (κ2) is 6.17. The zero-order chi connectivity index (χ0) is 13.8. The molecule has 0 aliphatic carbocycles. The molecule has 19 heavy (non-hydrogen) atoms. The SMILES string of the molecule is Cc1nc(N(C)C(C)Cc2cccs2)ccc1CO. The first kappa shape index (κ1) is 14.0. The summed E-state index contributed by atoms with van der Waals surface area (Å²) in [5.41, 5.74) is 1.79. The lowest BCUT2D eigenvalue weighted by Gasteiger charge is -2.26. The maximum atomic E-state index is 9.18. The van der Waals surface area contributed by atoms with Crippen LogP contribution in [-0.2, 0) is 13.0 Å². The standard InChI is InChI=1S/C15H20N2OS/c1-11(9-14-5-4-8-19-14)17(3)15-7-6-13(10-18)12(2)16-15/h4-8,11,18H,9-10H2,1-3H3. The monoisotopic (exact) mass is 276 g/mol. The van der Waals surface area contributed by atoms with Crippen molar-refractivity contribution >= 4 is 17.2 Å². The summed E-state index contributed by atoms with van der Waals surface area (Å²) in [5.74, 6) is 0.957. The second-order valence-electron chi connectivity index (χ2n) is 4.82. The molecular formula is C15H20N2OS. The van der Waals surface area contributed by atoms with Gasteiger partial charge >= 0.3 is 0 Å². The number of hydrogen-bond donors (Lipinski definition) is 1. The summed E-state index contributed by atoms with van der Waals surface area (Å²) in [5, 5.41) is 11.3. The van der Waals surface area contributed by atoms with Crippen LogP contribution < -0.4 is 4.90 Å². The van der Waals surface area contributed by atoms with Gasteiger partial charge in [-0.3, -0.25) is 0 Å². The van der Waals surface area contributed by atoms with Gasteiger partial charge in [-0.25, -0.2) is 4.98 Å². The Balaban J connectivity index is 2.10. The van der Waals surface area contributed by atoms with Crippen molar-refractivity contribution in [2.45, 2.75) is 32.9 Å². The van der Waals surface area contributed by atoms with Gasteiger partial charge in [0.15, 0.2) is 0 Å². The largest absolute Gasteiger partial charge is 0.392 e. The van der Waals surface area contributed by atoms with E-state index in [0.717, 1.165) is 23.5 Å². The summed E-state index contributed by atoms with van der Waals surface area (Å²) in [7, 11) is 2.07. The number of hydrogen-bond acceptors (Lipinski definition) is 4. The number of nitrogens with zero attached hydrogens (tertiary/aromatic N) is 2. The van der Waals surface area contributed by atoms with Gasteiger partial charge in [-0.2, -0.15) is 0 Å². The van der Waals surface area contributed by atoms with Crippen LogP contribution >= 0.6 is 11.3 Å². The van der Waals surface area contributed by atoms with Crippen molar-refractivity contribution in [3.63, 3.8) is 0 Å². The normalized spacial score (nSPS) is 12.4. The average Bonchev–Trinajstić information content (AvgIpc) is 2.90. The van der Waals surface area contributed by atoms with Crippen LogP contribution in [0.5, 0.6) is 0 Å². The van der Waals surface area contributed by atoms with Crippen molar-refractivity contribution < 1.29 is 5.11 Å². The fourth-order valence-corrected chi connectivity index (χ4v) is 2.85. The quantitative estimate of drug-likeness (QED) is 0.912. The molecule has 0 aliphatic heterocycles. The molecule has 0 saturated heterocycles. The van der Waals surface area contributed by atoms with Crippen molar-refractivity contribution in [3.05, 3.63) is 45.8 Å². The van der Waals surface area contributed by atoms with Gasteiger partial charge < -0.3 is 10.0 Å². The first-order chi connectivity index (χ1) is 9.11. The van der Waals surface area contributed by atoms with E-state index in [4.69, 9.17) is 0 Å². The van der Waals surface area contributed by atoms with E-state index in [2.05, 4.69) is 41.4 Å². The van der Waals surface area contributed by atoms with Crippen LogP contribution in [-0.4, -0.2) is 23.2 Å². The van der Waals surface area contributed by atoms with Gasteiger partial charge in [0.25, 0.3) is 0 Å². The molecule has 1 N–H and O–H groups in total. The number of likely N-dealkylation sites (N-methyl/N-ethyl adjacent to an activating group) is 1. The number of thiophene rings is 1. The number of aliphatic hydroxyl groups is 1. The van der Waals surface area contributed by atoms with Crippen LogP contribution in [0.2, 0.25) is 0 Å². The van der Waals surface area contributed by atoms with Crippen molar-refractivity contribution in [1.82, 2.24) is 4.98 Å². The van der Waals surface area contributed by atoms with Gasteiger partial charge in [0.1, 0.15) is 5.82 Å². The predicted octanol–water partition coefficient (Wildman–Crippen LogP) is 3.01. The number of aryl methyl sites for hydroxylation is 1. The van der Waals surface area contributed by atoms with Gasteiger partial charge in [-0.05, 0) is 36.9 Å². The summed E-state index contributed by atoms with van der Waals surface area (Å²) in [4.78, 5) is 8.14. The Bertz CT molecular complexity index is 525. The van der Waals surface area contributed by atoms with Crippen molar-refractivity contribution in [3.8, 4) is 0 Å². The molecule has 0 saturated carbocycles. The first-order valence-electron chi connectivity index (χ1n) is 6.44. The Hall–Kier alpha value is -1.39. The van der Waals surface area contributed by atoms with Crippen LogP contribution in [0.25, 0.3) is 0 Å². The third-order valence-electron chi connectivity index (χ3n) is 3.45. The van der Waals surface area contributed by atoms with Crippen molar-refractivity contribution in [2.24, 2.45) is 0 Å². The Labute approximate surface area is 118 Å². The van der Waals surface area contributed by atoms with E-state index in [1.54, 1.807) is 11.3 Å². The first-order valence-corrected chi connectivity index (χ1v) is 7.32. The molecule has 0 amide bonds. The smallest absolute Gasteiger partial charge is 0.128 e. The van der Waals surface area contributed by atoms with E-state index in [1.165, 1.54) is 4.88 Å². The Morgan fingerprint density at radius 1 is 1.37 bits per heavy atom. The molecule has 2 aromatic heterocycles. The van der Waals surface area contributed by atoms with Crippen molar-refractivity contribution in [1.29, 1.82) is 0 Å². The van der Waals surface area contributed by atoms with E-state index in [1.807, 2.05) is 19.1 Å². The molecule has 0 fully saturated rings. The number of rotatable bonds is 5. The molecule has 102 valence electrons. The summed E-state index contributed by atoms with van der Waals surface area (Å²) in [6, 6.07) is 8.58. The van der Waals surface area contributed by atoms with E-state index in [9.17, 15) is 5.11 Å². The molecule has 1 unspecified atom stereocenters. The van der Waals surface area contributed by atoms with Gasteiger partial charge in [0.05, 0.1) is 6.61 Å². The molecule has 2 rings (SSSR count). The number of pyridine rings is 1. The molecule has 0 aliphatic rings. The van der Waals surface area contributed by atoms with Gasteiger partial charge in [-0.15, -0.1) is 11.3 Å². The zero-order valence-electron chi connectivity index (χ0n) is 11.6. The van der Waals surface area contributed by atoms with E-state index in [-0.39, 0.29) is 6.61 Å². The Morgan fingerprint density at radius 2 is 2.16 bits per heavy atom. The zero-order valence-corrected chi connectivity index (χ0v) is 12.4. The summed E-state index contributed by atoms with van der Waals surface area (Å²) in [6.45, 7) is 4.19. The highest BCUT2D eigenvalue weighted by atomic mass is 32.1. The lowest BCUT2D eigenvalue weighted by molar-refractivity contribution is 0.280. The highest BCUT2D eigenvalue weighted by molar-refractivity contribution is 7.09. The molecule has 2 heterocycles. The van der Waals surface area contributed by atoms with E-state index in [0.29, 0.717) is 6.04 Å². The number of aromatic nitrogens is 1. The second-order valence-corrected chi connectivity index (χ2v) is 5.85. The number of aliphatic hydroxyl groups excluding tert-OH is 1. The minimum Gasteiger partial charge on any atom is -0.392 e. The molecular weight excluding hydrogens is 256 g/mol. The molecule has 0 aromatic carbocycles. The third-order valence-corrected chi connectivity index (χ3v) is 4.35. The molecule has 0 radical (unpaired) electrons. The predicted molar refractivity (Wildman–Crippen MR) is 80.8 cm³/mol. The molecule has 3 nitrogen and oxygen atoms in total. The van der Waals surface area contributed by atoms with E-state index < -0.39 is 0 Å². The molecule has 1 atom stereocenters. The summed E-state index contributed by atoms with van der Waals surface area (Å²) < 4.78 is 0. The maximum Gasteiger partial charge on any atom is 0.128 e. The fourth-order valence-electron chi connectivity index (χ4n) is 2.02. The van der Waals surface area contributed by atoms with E-state index >= 15 is 0 Å². The molecule has 4 heteroatoms. The average molecular weight is 276 g/mol. The van der Waals surface area contributed by atoms with Gasteiger partial charge in [-0.1, -0.05) is 12.1 Å². The Morgan fingerprint density at radius 3 is 2.74 bits per heavy atom. The van der Waals surface area contributed by atoms with Gasteiger partial charge in [0, 0.05) is 30.1 Å². The third kappa shape index (κ3) is 3.33. The highest BCUT2D eigenvalue weighted by Gasteiger charge is 2.13. The van der Waals surface area contributed by atoms with Crippen LogP contribution in [0.4, 0.5) is 5.82 Å². The molecule has 0 bridgehead atoms.